The number of aromatic nitrogens is 2. The zero-order valence-electron chi connectivity index (χ0n) is 18.7. The average molecular weight is 435 g/mol. The van der Waals surface area contributed by atoms with E-state index in [1.54, 1.807) is 0 Å². The Labute approximate surface area is 187 Å². The van der Waals surface area contributed by atoms with Crippen molar-refractivity contribution in [1.29, 1.82) is 0 Å². The molecule has 0 radical (unpaired) electrons. The zero-order valence-corrected chi connectivity index (χ0v) is 18.7. The van der Waals surface area contributed by atoms with E-state index in [9.17, 15) is 9.59 Å². The molecule has 0 saturated heterocycles. The molecular weight excluding hydrogens is 404 g/mol. The lowest BCUT2D eigenvalue weighted by Crippen LogP contribution is -2.44. The molecular formula is C24H30N6O2. The van der Waals surface area contributed by atoms with Gasteiger partial charge in [0.05, 0.1) is 6.54 Å². The molecule has 32 heavy (non-hydrogen) atoms. The first-order chi connectivity index (χ1) is 15.3. The van der Waals surface area contributed by atoms with Crippen LogP contribution in [0, 0.1) is 5.92 Å². The molecule has 168 valence electrons. The van der Waals surface area contributed by atoms with Crippen LogP contribution in [0.3, 0.4) is 0 Å². The van der Waals surface area contributed by atoms with Crippen LogP contribution < -0.4 is 28.0 Å². The summed E-state index contributed by atoms with van der Waals surface area (Å²) in [5.74, 6) is 0.589. The van der Waals surface area contributed by atoms with Gasteiger partial charge in [-0.2, -0.15) is 0 Å². The monoisotopic (exact) mass is 434 g/mol. The van der Waals surface area contributed by atoms with Crippen molar-refractivity contribution in [3.63, 3.8) is 0 Å². The van der Waals surface area contributed by atoms with E-state index in [0.717, 1.165) is 21.4 Å². The minimum Gasteiger partial charge on any atom is -0.384 e. The van der Waals surface area contributed by atoms with Crippen LogP contribution >= 0.6 is 0 Å². The molecule has 3 rings (SSSR count). The molecule has 8 heteroatoms. The molecule has 8 nitrogen and oxygen atoms in total. The van der Waals surface area contributed by atoms with Crippen molar-refractivity contribution in [2.45, 2.75) is 33.5 Å². The Bertz CT molecular complexity index is 1210. The predicted molar refractivity (Wildman–Crippen MR) is 130 cm³/mol. The number of para-hydroxylation sites is 1. The number of nitrogens with zero attached hydrogens (tertiary/aromatic N) is 3. The summed E-state index contributed by atoms with van der Waals surface area (Å²) in [6.07, 6.45) is 0. The van der Waals surface area contributed by atoms with E-state index in [0.29, 0.717) is 25.5 Å². The van der Waals surface area contributed by atoms with E-state index in [1.807, 2.05) is 68.4 Å². The Morgan fingerprint density at radius 1 is 1.03 bits per heavy atom. The molecule has 0 atom stereocenters. The summed E-state index contributed by atoms with van der Waals surface area (Å²) in [5, 5.41) is 3.22. The quantitative estimate of drug-likeness (QED) is 0.389. The summed E-state index contributed by atoms with van der Waals surface area (Å²) in [7, 11) is 1.45. The van der Waals surface area contributed by atoms with Gasteiger partial charge >= 0.3 is 5.69 Å². The van der Waals surface area contributed by atoms with Gasteiger partial charge in [0, 0.05) is 25.8 Å². The molecule has 3 aromatic rings. The van der Waals surface area contributed by atoms with Crippen LogP contribution in [0.1, 0.15) is 30.5 Å². The maximum Gasteiger partial charge on any atom is 0.332 e. The van der Waals surface area contributed by atoms with Gasteiger partial charge in [-0.25, -0.2) is 4.79 Å². The minimum atomic E-state index is -0.492. The Balaban J connectivity index is 2.13. The average Bonchev–Trinajstić information content (AvgIpc) is 2.79. The molecule has 1 heterocycles. The smallest absolute Gasteiger partial charge is 0.332 e. The lowest BCUT2D eigenvalue weighted by molar-refractivity contribution is 0.493. The molecule has 0 bridgehead atoms. The van der Waals surface area contributed by atoms with Gasteiger partial charge in [0.25, 0.3) is 5.56 Å². The fourth-order valence-electron chi connectivity index (χ4n) is 3.34. The normalized spacial score (nSPS) is 11.7. The van der Waals surface area contributed by atoms with E-state index in [-0.39, 0.29) is 17.3 Å². The summed E-state index contributed by atoms with van der Waals surface area (Å²) in [5.41, 5.74) is 14.0. The number of rotatable bonds is 7. The van der Waals surface area contributed by atoms with Crippen LogP contribution in [0.4, 0.5) is 11.5 Å². The first-order valence-corrected chi connectivity index (χ1v) is 10.6. The highest BCUT2D eigenvalue weighted by atomic mass is 16.2. The molecule has 0 fully saturated rings. The molecule has 0 aliphatic rings. The zero-order chi connectivity index (χ0) is 23.3. The number of nitrogens with one attached hydrogen (secondary N) is 1. The predicted octanol–water partition coefficient (Wildman–Crippen LogP) is 2.30. The Morgan fingerprint density at radius 2 is 1.66 bits per heavy atom. The van der Waals surface area contributed by atoms with Gasteiger partial charge < -0.3 is 16.8 Å². The van der Waals surface area contributed by atoms with Gasteiger partial charge in [0.15, 0.2) is 0 Å². The number of nitrogens with two attached hydrogens (primary N) is 2. The lowest BCUT2D eigenvalue weighted by atomic mass is 10.1. The third-order valence-corrected chi connectivity index (χ3v) is 5.08. The van der Waals surface area contributed by atoms with Gasteiger partial charge in [-0.15, -0.1) is 0 Å². The molecule has 0 aliphatic carbocycles. The van der Waals surface area contributed by atoms with Crippen molar-refractivity contribution >= 4 is 17.3 Å². The molecule has 0 amide bonds. The number of amidine groups is 1. The molecule has 0 saturated carbocycles. The summed E-state index contributed by atoms with van der Waals surface area (Å²) in [6, 6.07) is 17.2. The number of hydrogen-bond donors (Lipinski definition) is 3. The Morgan fingerprint density at radius 3 is 2.25 bits per heavy atom. The molecule has 2 aromatic carbocycles. The van der Waals surface area contributed by atoms with Crippen LogP contribution in [0.5, 0.6) is 0 Å². The second-order valence-electron chi connectivity index (χ2n) is 8.09. The maximum absolute atomic E-state index is 13.1. The number of hydrogen-bond acceptors (Lipinski definition) is 5. The van der Waals surface area contributed by atoms with Crippen LogP contribution in [-0.4, -0.2) is 15.0 Å². The first-order valence-electron chi connectivity index (χ1n) is 10.6. The van der Waals surface area contributed by atoms with Gasteiger partial charge in [-0.1, -0.05) is 56.3 Å². The summed E-state index contributed by atoms with van der Waals surface area (Å²) < 4.78 is 2.51. The van der Waals surface area contributed by atoms with E-state index < -0.39 is 11.2 Å². The van der Waals surface area contributed by atoms with Crippen molar-refractivity contribution in [2.75, 3.05) is 11.1 Å². The molecule has 5 N–H and O–H groups in total. The third-order valence-electron chi connectivity index (χ3n) is 5.08. The maximum atomic E-state index is 13.1. The van der Waals surface area contributed by atoms with Gasteiger partial charge in [-0.3, -0.25) is 18.9 Å². The highest BCUT2D eigenvalue weighted by Gasteiger charge is 2.21. The van der Waals surface area contributed by atoms with E-state index in [2.05, 4.69) is 5.32 Å². The second kappa shape index (κ2) is 10.1. The largest absolute Gasteiger partial charge is 0.384 e. The Kier molecular flexibility index (Phi) is 7.27. The fraction of sp³-hybridized carbons (Fsp3) is 0.292. The van der Waals surface area contributed by atoms with Crippen molar-refractivity contribution in [3.05, 3.63) is 92.1 Å². The Hall–Kier alpha value is -3.65. The number of aliphatic imine (C=N–C) groups is 1. The van der Waals surface area contributed by atoms with Crippen LogP contribution in [0.2, 0.25) is 0 Å². The first kappa shape index (κ1) is 23.0. The van der Waals surface area contributed by atoms with Crippen LogP contribution in [0.25, 0.3) is 0 Å². The molecule has 0 unspecified atom stereocenters. The highest BCUT2D eigenvalue weighted by molar-refractivity contribution is 6.10. The van der Waals surface area contributed by atoms with E-state index in [4.69, 9.17) is 16.5 Å². The van der Waals surface area contributed by atoms with Crippen molar-refractivity contribution in [3.8, 4) is 0 Å². The standard InChI is InChI=1S/C24H30N6O2/c1-16(2)15-30-21(26)20(23(31)29(3)24(30)32)22(28-19-7-5-4-6-8-19)27-14-18-11-9-17(13-25)10-12-18/h4-12,16H,13-15,25-26H2,1-3H3,(H,27,28). The van der Waals surface area contributed by atoms with Gasteiger partial charge in [0.1, 0.15) is 17.2 Å². The molecule has 1 aromatic heterocycles. The topological polar surface area (TPSA) is 120 Å². The van der Waals surface area contributed by atoms with Crippen molar-refractivity contribution in [2.24, 2.45) is 23.7 Å². The van der Waals surface area contributed by atoms with E-state index >= 15 is 0 Å². The molecule has 0 spiro atoms. The second-order valence-corrected chi connectivity index (χ2v) is 8.09. The van der Waals surface area contributed by atoms with Crippen LogP contribution in [-0.2, 0) is 26.7 Å². The highest BCUT2D eigenvalue weighted by Crippen LogP contribution is 2.14. The van der Waals surface area contributed by atoms with E-state index in [1.165, 1.54) is 11.6 Å². The third kappa shape index (κ3) is 5.15. The summed E-state index contributed by atoms with van der Waals surface area (Å²) in [4.78, 5) is 30.5. The van der Waals surface area contributed by atoms with Gasteiger partial charge in [0.2, 0.25) is 0 Å². The number of benzene rings is 2. The number of nitrogen functional groups attached to an aromatic ring is 1. The lowest BCUT2D eigenvalue weighted by Gasteiger charge is -2.18. The minimum absolute atomic E-state index is 0.104. The fourth-order valence-corrected chi connectivity index (χ4v) is 3.34. The molecule has 0 aliphatic heterocycles. The van der Waals surface area contributed by atoms with Crippen molar-refractivity contribution < 1.29 is 0 Å². The number of anilines is 2. The SMILES string of the molecule is CC(C)Cn1c(N)c(C(=NCc2ccc(CN)cc2)Nc2ccccc2)c(=O)n(C)c1=O. The summed E-state index contributed by atoms with van der Waals surface area (Å²) >= 11 is 0. The van der Waals surface area contributed by atoms with Gasteiger partial charge in [-0.05, 0) is 29.2 Å². The van der Waals surface area contributed by atoms with Crippen molar-refractivity contribution in [1.82, 2.24) is 9.13 Å². The van der Waals surface area contributed by atoms with Crippen LogP contribution in [0.15, 0.2) is 69.2 Å². The summed E-state index contributed by atoms with van der Waals surface area (Å²) in [6.45, 7) is 5.16.